The molecule has 0 spiro atoms. The Morgan fingerprint density at radius 1 is 1.41 bits per heavy atom. The summed E-state index contributed by atoms with van der Waals surface area (Å²) in [4.78, 5) is 11.9. The first-order chi connectivity index (χ1) is 7.99. The monoisotopic (exact) mass is 231 g/mol. The van der Waals surface area contributed by atoms with Crippen LogP contribution in [-0.2, 0) is 4.79 Å². The Morgan fingerprint density at radius 3 is 2.59 bits per heavy atom. The van der Waals surface area contributed by atoms with E-state index in [-0.39, 0.29) is 17.9 Å². The summed E-state index contributed by atoms with van der Waals surface area (Å²) in [5.74, 6) is 1.04. The molecule has 0 saturated heterocycles. The van der Waals surface area contributed by atoms with E-state index in [1.54, 1.807) is 0 Å². The Kier molecular flexibility index (Phi) is 3.23. The molecular weight excluding hydrogens is 210 g/mol. The summed E-state index contributed by atoms with van der Waals surface area (Å²) in [6, 6.07) is 6.49. The fourth-order valence-electron chi connectivity index (χ4n) is 2.40. The normalized spacial score (nSPS) is 24.2. The molecule has 2 heteroatoms. The van der Waals surface area contributed by atoms with E-state index in [1.165, 1.54) is 16.7 Å². The summed E-state index contributed by atoms with van der Waals surface area (Å²) in [7, 11) is 0. The van der Waals surface area contributed by atoms with E-state index >= 15 is 0 Å². The van der Waals surface area contributed by atoms with E-state index in [4.69, 9.17) is 0 Å². The van der Waals surface area contributed by atoms with Crippen molar-refractivity contribution in [1.82, 2.24) is 5.32 Å². The summed E-state index contributed by atoms with van der Waals surface area (Å²) in [5.41, 5.74) is 3.74. The summed E-state index contributed by atoms with van der Waals surface area (Å²) in [6.45, 7) is 8.38. The SMILES string of the molecule is Cc1ccc([C@@H](C)NC(=O)[C@H]2C[C@@H]2C)c(C)c1. The third-order valence-electron chi connectivity index (χ3n) is 3.70. The molecule has 1 fully saturated rings. The molecule has 2 rings (SSSR count). The van der Waals surface area contributed by atoms with E-state index in [0.717, 1.165) is 6.42 Å². The average molecular weight is 231 g/mol. The van der Waals surface area contributed by atoms with Gasteiger partial charge < -0.3 is 5.32 Å². The second-order valence-corrected chi connectivity index (χ2v) is 5.41. The van der Waals surface area contributed by atoms with E-state index in [0.29, 0.717) is 5.92 Å². The zero-order chi connectivity index (χ0) is 12.6. The van der Waals surface area contributed by atoms with Gasteiger partial charge in [0.15, 0.2) is 0 Å². The van der Waals surface area contributed by atoms with Crippen LogP contribution in [0.2, 0.25) is 0 Å². The third kappa shape index (κ3) is 2.68. The van der Waals surface area contributed by atoms with Crippen LogP contribution in [0.25, 0.3) is 0 Å². The van der Waals surface area contributed by atoms with Crippen molar-refractivity contribution in [2.45, 2.75) is 40.2 Å². The summed E-state index contributed by atoms with van der Waals surface area (Å²) in [6.07, 6.45) is 1.05. The van der Waals surface area contributed by atoms with Gasteiger partial charge in [-0.2, -0.15) is 0 Å². The maximum atomic E-state index is 11.9. The molecule has 92 valence electrons. The van der Waals surface area contributed by atoms with Crippen molar-refractivity contribution in [3.05, 3.63) is 34.9 Å². The number of benzene rings is 1. The number of nitrogens with one attached hydrogen (secondary N) is 1. The topological polar surface area (TPSA) is 29.1 Å². The van der Waals surface area contributed by atoms with Crippen molar-refractivity contribution >= 4 is 5.91 Å². The van der Waals surface area contributed by atoms with Crippen LogP contribution < -0.4 is 5.32 Å². The van der Waals surface area contributed by atoms with Crippen LogP contribution in [-0.4, -0.2) is 5.91 Å². The minimum atomic E-state index is 0.107. The molecule has 1 aromatic rings. The van der Waals surface area contributed by atoms with Crippen LogP contribution in [0.5, 0.6) is 0 Å². The number of carbonyl (C=O) groups excluding carboxylic acids is 1. The Hall–Kier alpha value is -1.31. The van der Waals surface area contributed by atoms with Crippen LogP contribution in [0.3, 0.4) is 0 Å². The smallest absolute Gasteiger partial charge is 0.223 e. The lowest BCUT2D eigenvalue weighted by Gasteiger charge is -2.17. The van der Waals surface area contributed by atoms with Gasteiger partial charge in [0.1, 0.15) is 0 Å². The van der Waals surface area contributed by atoms with Gasteiger partial charge in [0.25, 0.3) is 0 Å². The highest BCUT2D eigenvalue weighted by atomic mass is 16.2. The molecular formula is C15H21NO. The largest absolute Gasteiger partial charge is 0.349 e. The van der Waals surface area contributed by atoms with Gasteiger partial charge in [-0.3, -0.25) is 4.79 Å². The van der Waals surface area contributed by atoms with Gasteiger partial charge in [-0.1, -0.05) is 30.7 Å². The second-order valence-electron chi connectivity index (χ2n) is 5.41. The maximum absolute atomic E-state index is 11.9. The molecule has 1 amide bonds. The highest BCUT2D eigenvalue weighted by Crippen LogP contribution is 2.38. The van der Waals surface area contributed by atoms with Crippen molar-refractivity contribution < 1.29 is 4.79 Å². The predicted octanol–water partition coefficient (Wildman–Crippen LogP) is 3.14. The zero-order valence-corrected chi connectivity index (χ0v) is 11.1. The van der Waals surface area contributed by atoms with Crippen molar-refractivity contribution in [2.75, 3.05) is 0 Å². The quantitative estimate of drug-likeness (QED) is 0.850. The molecule has 17 heavy (non-hydrogen) atoms. The van der Waals surface area contributed by atoms with Gasteiger partial charge in [-0.25, -0.2) is 0 Å². The molecule has 1 aliphatic rings. The van der Waals surface area contributed by atoms with Gasteiger partial charge in [-0.15, -0.1) is 0 Å². The molecule has 1 aliphatic carbocycles. The molecule has 1 N–H and O–H groups in total. The minimum absolute atomic E-state index is 0.107. The van der Waals surface area contributed by atoms with E-state index in [2.05, 4.69) is 51.2 Å². The standard InChI is InChI=1S/C15H21NO/c1-9-5-6-13(10(2)7-9)12(4)16-15(17)14-8-11(14)3/h5-7,11-12,14H,8H2,1-4H3,(H,16,17)/t11-,12+,14-/m0/s1. The van der Waals surface area contributed by atoms with Crippen LogP contribution in [0.15, 0.2) is 18.2 Å². The van der Waals surface area contributed by atoms with Gasteiger partial charge >= 0.3 is 0 Å². The molecule has 0 unspecified atom stereocenters. The second kappa shape index (κ2) is 4.52. The van der Waals surface area contributed by atoms with Crippen molar-refractivity contribution in [2.24, 2.45) is 11.8 Å². The molecule has 0 aromatic heterocycles. The maximum Gasteiger partial charge on any atom is 0.223 e. The Balaban J connectivity index is 2.04. The Morgan fingerprint density at radius 2 is 2.06 bits per heavy atom. The van der Waals surface area contributed by atoms with Gasteiger partial charge in [0.05, 0.1) is 6.04 Å². The molecule has 1 aromatic carbocycles. The molecule has 0 heterocycles. The molecule has 0 aliphatic heterocycles. The molecule has 1 saturated carbocycles. The minimum Gasteiger partial charge on any atom is -0.349 e. The number of amides is 1. The summed E-state index contributed by atoms with van der Waals surface area (Å²) in [5, 5.41) is 3.11. The molecule has 0 bridgehead atoms. The van der Waals surface area contributed by atoms with Gasteiger partial charge in [0, 0.05) is 5.92 Å². The number of carbonyl (C=O) groups is 1. The van der Waals surface area contributed by atoms with Gasteiger partial charge in [-0.05, 0) is 44.2 Å². The first-order valence-electron chi connectivity index (χ1n) is 6.36. The first-order valence-corrected chi connectivity index (χ1v) is 6.36. The van der Waals surface area contributed by atoms with E-state index in [9.17, 15) is 4.79 Å². The predicted molar refractivity (Wildman–Crippen MR) is 69.7 cm³/mol. The number of aryl methyl sites for hydroxylation is 2. The van der Waals surface area contributed by atoms with Crippen LogP contribution >= 0.6 is 0 Å². The van der Waals surface area contributed by atoms with E-state index in [1.807, 2.05) is 0 Å². The number of hydrogen-bond donors (Lipinski definition) is 1. The summed E-state index contributed by atoms with van der Waals surface area (Å²) < 4.78 is 0. The highest BCUT2D eigenvalue weighted by Gasteiger charge is 2.39. The Labute approximate surface area is 103 Å². The zero-order valence-electron chi connectivity index (χ0n) is 11.1. The molecule has 3 atom stereocenters. The number of hydrogen-bond acceptors (Lipinski definition) is 1. The van der Waals surface area contributed by atoms with Gasteiger partial charge in [0.2, 0.25) is 5.91 Å². The van der Waals surface area contributed by atoms with Crippen molar-refractivity contribution in [3.63, 3.8) is 0 Å². The Bertz CT molecular complexity index is 439. The van der Waals surface area contributed by atoms with E-state index < -0.39 is 0 Å². The lowest BCUT2D eigenvalue weighted by molar-refractivity contribution is -0.123. The first kappa shape index (κ1) is 12.2. The van der Waals surface area contributed by atoms with Crippen LogP contribution in [0, 0.1) is 25.7 Å². The highest BCUT2D eigenvalue weighted by molar-refractivity contribution is 5.81. The average Bonchev–Trinajstić information content (AvgIpc) is 2.95. The molecule has 0 radical (unpaired) electrons. The fraction of sp³-hybridized carbons (Fsp3) is 0.533. The lowest BCUT2D eigenvalue weighted by atomic mass is 10.00. The van der Waals surface area contributed by atoms with Crippen molar-refractivity contribution in [3.8, 4) is 0 Å². The summed E-state index contributed by atoms with van der Waals surface area (Å²) >= 11 is 0. The number of rotatable bonds is 3. The molecule has 2 nitrogen and oxygen atoms in total. The van der Waals surface area contributed by atoms with Crippen LogP contribution in [0.1, 0.15) is 43.0 Å². The fourth-order valence-corrected chi connectivity index (χ4v) is 2.40. The third-order valence-corrected chi connectivity index (χ3v) is 3.70. The van der Waals surface area contributed by atoms with Crippen LogP contribution in [0.4, 0.5) is 0 Å². The van der Waals surface area contributed by atoms with Crippen molar-refractivity contribution in [1.29, 1.82) is 0 Å². The lowest BCUT2D eigenvalue weighted by Crippen LogP contribution is -2.28.